The standard InChI is InChI=1S/C35H32FN3O4/c1-4-35(3)19-28-33(43-21-35)32(25-17-16-24(18-26(25)36)42-20-23-11-6-5-7-12-23)39(29-14-9-15-30(40)31(29)38-28)34(41)27-13-8-10-22(2)37-27/h4-18,32,38,40H,1,19-21H2,2-3H3. The summed E-state index contributed by atoms with van der Waals surface area (Å²) in [6.45, 7) is 8.35. The van der Waals surface area contributed by atoms with Gasteiger partial charge in [-0.1, -0.05) is 55.5 Å². The number of anilines is 2. The predicted molar refractivity (Wildman–Crippen MR) is 163 cm³/mol. The minimum absolute atomic E-state index is 0.0592. The molecule has 3 aromatic carbocycles. The number of nitrogens with one attached hydrogen (secondary N) is 1. The van der Waals surface area contributed by atoms with E-state index < -0.39 is 23.2 Å². The number of fused-ring (bicyclic) bond motifs is 1. The number of rotatable bonds is 6. The van der Waals surface area contributed by atoms with E-state index in [1.54, 1.807) is 49.4 Å². The van der Waals surface area contributed by atoms with Gasteiger partial charge in [0.05, 0.1) is 18.0 Å². The molecule has 2 N–H and O–H groups in total. The fourth-order valence-electron chi connectivity index (χ4n) is 5.47. The Bertz CT molecular complexity index is 1740. The van der Waals surface area contributed by atoms with Crippen LogP contribution in [0.25, 0.3) is 0 Å². The first-order valence-electron chi connectivity index (χ1n) is 14.1. The van der Waals surface area contributed by atoms with Crippen LogP contribution in [0.15, 0.2) is 109 Å². The number of carbonyl (C=O) groups excluding carboxylic acids is 1. The SMILES string of the molecule is C=CC1(C)COC2=C(C1)Nc1c(O)cccc1N(C(=O)c1cccc(C)n1)C2c1ccc(OCc2ccccc2)cc1F. The van der Waals surface area contributed by atoms with Crippen molar-refractivity contribution in [3.63, 3.8) is 0 Å². The van der Waals surface area contributed by atoms with E-state index in [0.29, 0.717) is 40.7 Å². The summed E-state index contributed by atoms with van der Waals surface area (Å²) in [4.78, 5) is 20.3. The Hall–Kier alpha value is -5.11. The summed E-state index contributed by atoms with van der Waals surface area (Å²) in [6, 6.07) is 23.3. The van der Waals surface area contributed by atoms with Gasteiger partial charge in [-0.3, -0.25) is 9.69 Å². The number of halogens is 1. The predicted octanol–water partition coefficient (Wildman–Crippen LogP) is 7.45. The molecule has 0 bridgehead atoms. The molecule has 8 heteroatoms. The van der Waals surface area contributed by atoms with E-state index in [0.717, 1.165) is 5.56 Å². The molecule has 0 fully saturated rings. The number of hydrogen-bond donors (Lipinski definition) is 2. The van der Waals surface area contributed by atoms with Gasteiger partial charge in [-0.25, -0.2) is 9.37 Å². The minimum Gasteiger partial charge on any atom is -0.506 e. The van der Waals surface area contributed by atoms with Crippen molar-refractivity contribution in [1.29, 1.82) is 0 Å². The lowest BCUT2D eigenvalue weighted by Crippen LogP contribution is -2.39. The number of para-hydroxylation sites is 1. The molecule has 0 saturated carbocycles. The lowest BCUT2D eigenvalue weighted by Gasteiger charge is -2.38. The highest BCUT2D eigenvalue weighted by Crippen LogP contribution is 2.50. The van der Waals surface area contributed by atoms with Crippen LogP contribution in [-0.2, 0) is 11.3 Å². The van der Waals surface area contributed by atoms with Crippen molar-refractivity contribution >= 4 is 17.3 Å². The molecule has 2 unspecified atom stereocenters. The molecule has 0 aliphatic carbocycles. The van der Waals surface area contributed by atoms with Gasteiger partial charge in [0.25, 0.3) is 5.91 Å². The molecule has 4 aromatic rings. The average Bonchev–Trinajstić information content (AvgIpc) is 3.15. The number of benzene rings is 3. The van der Waals surface area contributed by atoms with Crippen molar-refractivity contribution in [2.75, 3.05) is 16.8 Å². The van der Waals surface area contributed by atoms with Gasteiger partial charge in [0.15, 0.2) is 0 Å². The number of aromatic nitrogens is 1. The van der Waals surface area contributed by atoms with E-state index in [9.17, 15) is 9.90 Å². The molecule has 2 atom stereocenters. The van der Waals surface area contributed by atoms with Crippen LogP contribution in [-0.4, -0.2) is 22.6 Å². The zero-order chi connectivity index (χ0) is 30.1. The Morgan fingerprint density at radius 1 is 1.16 bits per heavy atom. The molecule has 1 aromatic heterocycles. The summed E-state index contributed by atoms with van der Waals surface area (Å²) in [5, 5.41) is 14.3. The van der Waals surface area contributed by atoms with Crippen LogP contribution in [0.3, 0.4) is 0 Å². The number of ether oxygens (including phenoxy) is 2. The molecule has 43 heavy (non-hydrogen) atoms. The van der Waals surface area contributed by atoms with Gasteiger partial charge in [0.1, 0.15) is 47.1 Å². The maximum Gasteiger partial charge on any atom is 0.277 e. The Morgan fingerprint density at radius 2 is 1.95 bits per heavy atom. The lowest BCUT2D eigenvalue weighted by molar-refractivity contribution is 0.0866. The number of allylic oxidation sites excluding steroid dienone is 1. The Balaban J connectivity index is 1.51. The number of nitrogens with zero attached hydrogens (tertiary/aromatic N) is 2. The number of amides is 1. The first-order chi connectivity index (χ1) is 20.8. The number of pyridine rings is 1. The first kappa shape index (κ1) is 28.0. The number of carbonyl (C=O) groups is 1. The highest BCUT2D eigenvalue weighted by Gasteiger charge is 2.43. The van der Waals surface area contributed by atoms with E-state index >= 15 is 4.39 Å². The van der Waals surface area contributed by atoms with Crippen LogP contribution in [0.4, 0.5) is 15.8 Å². The Kier molecular flexibility index (Phi) is 7.36. The Morgan fingerprint density at radius 3 is 2.70 bits per heavy atom. The molecule has 2 aliphatic heterocycles. The van der Waals surface area contributed by atoms with Crippen LogP contribution in [0, 0.1) is 18.2 Å². The van der Waals surface area contributed by atoms with Gasteiger partial charge in [0, 0.05) is 29.2 Å². The highest BCUT2D eigenvalue weighted by molar-refractivity contribution is 6.08. The molecule has 0 radical (unpaired) electrons. The average molecular weight is 578 g/mol. The molecule has 0 spiro atoms. The summed E-state index contributed by atoms with van der Waals surface area (Å²) in [6.07, 6.45) is 2.30. The Labute approximate surface area is 249 Å². The fourth-order valence-corrected chi connectivity index (χ4v) is 5.47. The van der Waals surface area contributed by atoms with Crippen molar-refractivity contribution in [3.8, 4) is 11.5 Å². The summed E-state index contributed by atoms with van der Waals surface area (Å²) in [5.74, 6) is -0.364. The van der Waals surface area contributed by atoms with Gasteiger partial charge >= 0.3 is 0 Å². The molecule has 0 saturated heterocycles. The molecular weight excluding hydrogens is 545 g/mol. The largest absolute Gasteiger partial charge is 0.506 e. The number of aryl methyl sites for hydroxylation is 1. The first-order valence-corrected chi connectivity index (χ1v) is 14.1. The van der Waals surface area contributed by atoms with Crippen LogP contribution in [0.1, 0.15) is 46.7 Å². The van der Waals surface area contributed by atoms with Crippen molar-refractivity contribution in [2.45, 2.75) is 32.9 Å². The lowest BCUT2D eigenvalue weighted by atomic mass is 9.83. The van der Waals surface area contributed by atoms with Crippen molar-refractivity contribution < 1.29 is 23.8 Å². The van der Waals surface area contributed by atoms with Gasteiger partial charge in [-0.15, -0.1) is 6.58 Å². The zero-order valence-corrected chi connectivity index (χ0v) is 24.0. The monoisotopic (exact) mass is 577 g/mol. The number of hydrogen-bond acceptors (Lipinski definition) is 6. The van der Waals surface area contributed by atoms with Crippen LogP contribution in [0.2, 0.25) is 0 Å². The zero-order valence-electron chi connectivity index (χ0n) is 24.0. The normalized spacial score (nSPS) is 19.3. The molecule has 2 aliphatic rings. The highest BCUT2D eigenvalue weighted by atomic mass is 19.1. The quantitative estimate of drug-likeness (QED) is 0.183. The van der Waals surface area contributed by atoms with Crippen molar-refractivity contribution in [2.24, 2.45) is 5.41 Å². The van der Waals surface area contributed by atoms with Crippen LogP contribution >= 0.6 is 0 Å². The molecule has 1 amide bonds. The van der Waals surface area contributed by atoms with E-state index in [4.69, 9.17) is 9.47 Å². The minimum atomic E-state index is -1.02. The second-order valence-electron chi connectivity index (χ2n) is 11.2. The third-order valence-corrected chi connectivity index (χ3v) is 7.83. The van der Waals surface area contributed by atoms with Gasteiger partial charge in [-0.05, 0) is 48.9 Å². The smallest absolute Gasteiger partial charge is 0.277 e. The van der Waals surface area contributed by atoms with Gasteiger partial charge in [-0.2, -0.15) is 0 Å². The van der Waals surface area contributed by atoms with Crippen molar-refractivity contribution in [3.05, 3.63) is 137 Å². The number of phenols is 1. The van der Waals surface area contributed by atoms with Crippen LogP contribution < -0.4 is 15.0 Å². The van der Waals surface area contributed by atoms with E-state index in [1.807, 2.05) is 43.3 Å². The van der Waals surface area contributed by atoms with E-state index in [1.165, 1.54) is 17.0 Å². The number of aromatic hydroxyl groups is 1. The summed E-state index contributed by atoms with van der Waals surface area (Å²) >= 11 is 0. The summed E-state index contributed by atoms with van der Waals surface area (Å²) < 4.78 is 28.5. The second kappa shape index (κ2) is 11.3. The molecular formula is C35H32FN3O4. The molecule has 7 nitrogen and oxygen atoms in total. The maximum absolute atomic E-state index is 16.2. The van der Waals surface area contributed by atoms with E-state index in [-0.39, 0.29) is 30.2 Å². The molecule has 6 rings (SSSR count). The maximum atomic E-state index is 16.2. The number of phenolic OH excluding ortho intramolecular Hbond substituents is 1. The molecule has 3 heterocycles. The van der Waals surface area contributed by atoms with Crippen molar-refractivity contribution in [1.82, 2.24) is 4.98 Å². The summed E-state index contributed by atoms with van der Waals surface area (Å²) in [5.41, 5.74) is 2.88. The topological polar surface area (TPSA) is 83.9 Å². The fraction of sp³-hybridized carbons (Fsp3) is 0.200. The van der Waals surface area contributed by atoms with Gasteiger partial charge in [0.2, 0.25) is 0 Å². The third kappa shape index (κ3) is 5.44. The van der Waals surface area contributed by atoms with Crippen LogP contribution in [0.5, 0.6) is 11.5 Å². The van der Waals surface area contributed by atoms with E-state index in [2.05, 4.69) is 16.9 Å². The van der Waals surface area contributed by atoms with Gasteiger partial charge < -0.3 is 19.9 Å². The molecule has 218 valence electrons. The second-order valence-corrected chi connectivity index (χ2v) is 11.2. The third-order valence-electron chi connectivity index (χ3n) is 7.83. The summed E-state index contributed by atoms with van der Waals surface area (Å²) in [7, 11) is 0.